The average Bonchev–Trinajstić information content (AvgIpc) is 3.91. The molecule has 6 heteroatoms. The first kappa shape index (κ1) is 49.0. The van der Waals surface area contributed by atoms with Gasteiger partial charge in [-0.25, -0.2) is 0 Å². The lowest BCUT2D eigenvalue weighted by Crippen LogP contribution is -2.41. The lowest BCUT2D eigenvalue weighted by atomic mass is 9.99. The fraction of sp³-hybridized carbons (Fsp3) is 0.958. The fourth-order valence-corrected chi connectivity index (χ4v) is 8.25. The number of rotatable bonds is 41. The van der Waals surface area contributed by atoms with Crippen molar-refractivity contribution in [3.05, 3.63) is 0 Å². The Bertz CT molecular complexity index is 846. The molecule has 1 aliphatic heterocycles. The van der Waals surface area contributed by atoms with Gasteiger partial charge in [-0.2, -0.15) is 0 Å². The highest BCUT2D eigenvalue weighted by Gasteiger charge is 2.37. The van der Waals surface area contributed by atoms with E-state index in [1.165, 1.54) is 167 Å². The summed E-state index contributed by atoms with van der Waals surface area (Å²) >= 11 is 0. The maximum atomic E-state index is 12.8. The highest BCUT2D eigenvalue weighted by atomic mass is 16.5. The zero-order valence-electron chi connectivity index (χ0n) is 36.3. The molecule has 0 radical (unpaired) electrons. The quantitative estimate of drug-likeness (QED) is 0.0494. The van der Waals surface area contributed by atoms with Crippen molar-refractivity contribution in [2.24, 2.45) is 17.8 Å². The van der Waals surface area contributed by atoms with Crippen LogP contribution in [-0.4, -0.2) is 50.4 Å². The van der Waals surface area contributed by atoms with E-state index in [1.54, 1.807) is 0 Å². The Labute approximate surface area is 335 Å². The molecule has 0 aromatic carbocycles. The van der Waals surface area contributed by atoms with E-state index in [-0.39, 0.29) is 18.0 Å². The lowest BCUT2D eigenvalue weighted by Gasteiger charge is -2.29. The Morgan fingerprint density at radius 3 is 1.54 bits per heavy atom. The molecule has 1 N–H and O–H groups in total. The summed E-state index contributed by atoms with van der Waals surface area (Å²) in [6.07, 6.45) is 40.9. The first-order chi connectivity index (χ1) is 26.5. The van der Waals surface area contributed by atoms with Crippen LogP contribution < -0.4 is 5.32 Å². The van der Waals surface area contributed by atoms with Gasteiger partial charge in [0.15, 0.2) is 0 Å². The van der Waals surface area contributed by atoms with Crippen LogP contribution in [0.5, 0.6) is 0 Å². The molecule has 1 aliphatic carbocycles. The predicted octanol–water partition coefficient (Wildman–Crippen LogP) is 13.6. The Balaban J connectivity index is 1.51. The monoisotopic (exact) mass is 762 g/mol. The molecule has 2 rings (SSSR count). The molecule has 1 saturated carbocycles. The summed E-state index contributed by atoms with van der Waals surface area (Å²) in [6.45, 7) is 10.4. The predicted molar refractivity (Wildman–Crippen MR) is 228 cm³/mol. The van der Waals surface area contributed by atoms with Crippen molar-refractivity contribution in [1.82, 2.24) is 5.32 Å². The molecule has 318 valence electrons. The number of esters is 2. The minimum atomic E-state index is 0.0158. The van der Waals surface area contributed by atoms with E-state index < -0.39 is 0 Å². The molecule has 2 aliphatic rings. The van der Waals surface area contributed by atoms with E-state index in [0.717, 1.165) is 64.2 Å². The molecular formula is C48H91NO5. The second-order valence-electron chi connectivity index (χ2n) is 17.6. The van der Waals surface area contributed by atoms with Gasteiger partial charge in [-0.05, 0) is 69.6 Å². The van der Waals surface area contributed by atoms with Crippen LogP contribution in [-0.2, 0) is 23.8 Å². The van der Waals surface area contributed by atoms with Crippen LogP contribution >= 0.6 is 0 Å². The first-order valence-corrected chi connectivity index (χ1v) is 24.2. The van der Waals surface area contributed by atoms with Crippen LogP contribution in [0.4, 0.5) is 0 Å². The Morgan fingerprint density at radius 2 is 1.02 bits per heavy atom. The van der Waals surface area contributed by atoms with Gasteiger partial charge in [-0.3, -0.25) is 9.59 Å². The van der Waals surface area contributed by atoms with E-state index in [2.05, 4.69) is 26.1 Å². The maximum absolute atomic E-state index is 12.8. The Kier molecular flexibility index (Phi) is 31.8. The minimum Gasteiger partial charge on any atom is -0.465 e. The zero-order chi connectivity index (χ0) is 38.7. The number of carbonyl (C=O) groups excluding carboxylic acids is 2. The van der Waals surface area contributed by atoms with Crippen LogP contribution in [0.2, 0.25) is 0 Å². The third kappa shape index (κ3) is 28.3. The number of hydrogen-bond donors (Lipinski definition) is 1. The SMILES string of the molecule is CCCCCCCCC(CCCCCCCC)OC(=O)CCCCCCCC(CCCCCCCC(=O)OCC1CC1CCCCCC)NCC1COC1. The number of ether oxygens (including phenoxy) is 3. The number of nitrogens with one attached hydrogen (secondary N) is 1. The molecule has 0 aromatic heterocycles. The van der Waals surface area contributed by atoms with E-state index in [4.69, 9.17) is 14.2 Å². The number of unbranched alkanes of at least 4 members (excludes halogenated alkanes) is 21. The largest absolute Gasteiger partial charge is 0.465 e. The van der Waals surface area contributed by atoms with Gasteiger partial charge in [0.25, 0.3) is 0 Å². The van der Waals surface area contributed by atoms with Gasteiger partial charge in [0.2, 0.25) is 0 Å². The minimum absolute atomic E-state index is 0.0158. The van der Waals surface area contributed by atoms with Crippen molar-refractivity contribution < 1.29 is 23.8 Å². The standard InChI is InChI=1S/C48H91NO5/c1-4-7-10-13-19-26-33-46(34-27-20-14-11-8-5-2)54-48(51)36-29-22-16-18-25-32-45(49-38-42-39-52-40-42)31-24-17-15-21-28-35-47(50)53-41-44-37-43(44)30-23-12-9-6-3/h42-46,49H,4-41H2,1-3H3. The van der Waals surface area contributed by atoms with Gasteiger partial charge in [-0.15, -0.1) is 0 Å². The van der Waals surface area contributed by atoms with Crippen LogP contribution in [0, 0.1) is 17.8 Å². The van der Waals surface area contributed by atoms with Crippen LogP contribution in [0.15, 0.2) is 0 Å². The molecule has 2 fully saturated rings. The molecule has 0 amide bonds. The third-order valence-corrected chi connectivity index (χ3v) is 12.3. The van der Waals surface area contributed by atoms with Gasteiger partial charge >= 0.3 is 11.9 Å². The number of hydrogen-bond acceptors (Lipinski definition) is 6. The molecule has 0 spiro atoms. The van der Waals surface area contributed by atoms with Gasteiger partial charge < -0.3 is 19.5 Å². The highest BCUT2D eigenvalue weighted by molar-refractivity contribution is 5.69. The molecule has 3 unspecified atom stereocenters. The summed E-state index contributed by atoms with van der Waals surface area (Å²) in [4.78, 5) is 25.0. The summed E-state index contributed by atoms with van der Waals surface area (Å²) in [5, 5.41) is 3.87. The normalized spacial score (nSPS) is 17.5. The molecule has 1 saturated heterocycles. The molecule has 6 nitrogen and oxygen atoms in total. The second kappa shape index (κ2) is 35.1. The summed E-state index contributed by atoms with van der Waals surface area (Å²) in [7, 11) is 0. The van der Waals surface area contributed by atoms with Crippen molar-refractivity contribution >= 4 is 11.9 Å². The molecule has 0 aromatic rings. The topological polar surface area (TPSA) is 73.9 Å². The molecule has 3 atom stereocenters. The van der Waals surface area contributed by atoms with Crippen molar-refractivity contribution in [3.8, 4) is 0 Å². The fourth-order valence-electron chi connectivity index (χ4n) is 8.25. The van der Waals surface area contributed by atoms with E-state index >= 15 is 0 Å². The number of carbonyl (C=O) groups is 2. The molecule has 0 bridgehead atoms. The summed E-state index contributed by atoms with van der Waals surface area (Å²) in [6, 6.07) is 0.587. The average molecular weight is 762 g/mol. The molecule has 54 heavy (non-hydrogen) atoms. The van der Waals surface area contributed by atoms with Gasteiger partial charge in [0, 0.05) is 31.3 Å². The van der Waals surface area contributed by atoms with Crippen LogP contribution in [0.3, 0.4) is 0 Å². The second-order valence-corrected chi connectivity index (χ2v) is 17.6. The first-order valence-electron chi connectivity index (χ1n) is 24.2. The molecule has 1 heterocycles. The summed E-state index contributed by atoms with van der Waals surface area (Å²) in [5.41, 5.74) is 0. The smallest absolute Gasteiger partial charge is 0.306 e. The van der Waals surface area contributed by atoms with E-state index in [1.807, 2.05) is 0 Å². The van der Waals surface area contributed by atoms with Crippen molar-refractivity contribution in [2.75, 3.05) is 26.4 Å². The van der Waals surface area contributed by atoms with E-state index in [0.29, 0.717) is 37.3 Å². The van der Waals surface area contributed by atoms with Gasteiger partial charge in [-0.1, -0.05) is 168 Å². The van der Waals surface area contributed by atoms with Crippen molar-refractivity contribution in [1.29, 1.82) is 0 Å². The lowest BCUT2D eigenvalue weighted by molar-refractivity contribution is -0.150. The van der Waals surface area contributed by atoms with Crippen LogP contribution in [0.25, 0.3) is 0 Å². The van der Waals surface area contributed by atoms with Crippen LogP contribution in [0.1, 0.15) is 239 Å². The van der Waals surface area contributed by atoms with Crippen molar-refractivity contribution in [2.45, 2.75) is 251 Å². The Hall–Kier alpha value is -1.14. The van der Waals surface area contributed by atoms with Gasteiger partial charge in [0.1, 0.15) is 6.10 Å². The Morgan fingerprint density at radius 1 is 0.556 bits per heavy atom. The maximum Gasteiger partial charge on any atom is 0.306 e. The summed E-state index contributed by atoms with van der Waals surface area (Å²) < 4.78 is 17.1. The highest BCUT2D eigenvalue weighted by Crippen LogP contribution is 2.42. The van der Waals surface area contributed by atoms with E-state index in [9.17, 15) is 9.59 Å². The zero-order valence-corrected chi connectivity index (χ0v) is 36.3. The van der Waals surface area contributed by atoms with Gasteiger partial charge in [0.05, 0.1) is 19.8 Å². The summed E-state index contributed by atoms with van der Waals surface area (Å²) in [5.74, 6) is 2.19. The molecular weight excluding hydrogens is 671 g/mol. The third-order valence-electron chi connectivity index (χ3n) is 12.3. The van der Waals surface area contributed by atoms with Crippen molar-refractivity contribution in [3.63, 3.8) is 0 Å².